The van der Waals surface area contributed by atoms with Gasteiger partial charge in [-0.15, -0.1) is 0 Å². The maximum absolute atomic E-state index is 12.1. The van der Waals surface area contributed by atoms with Gasteiger partial charge < -0.3 is 4.74 Å². The van der Waals surface area contributed by atoms with Crippen molar-refractivity contribution in [2.45, 2.75) is 6.92 Å². The summed E-state index contributed by atoms with van der Waals surface area (Å²) in [6.07, 6.45) is 1.70. The Balaban J connectivity index is 1.89. The maximum Gasteiger partial charge on any atom is 0.345 e. The lowest BCUT2D eigenvalue weighted by Crippen LogP contribution is -2.10. The minimum atomic E-state index is -0.383. The summed E-state index contributed by atoms with van der Waals surface area (Å²) in [6.45, 7) is 1.88. The summed E-state index contributed by atoms with van der Waals surface area (Å²) in [6, 6.07) is 16.9. The van der Waals surface area contributed by atoms with Gasteiger partial charge in [0.2, 0.25) is 5.88 Å². The number of fused-ring (bicyclic) bond motifs is 1. The smallest absolute Gasteiger partial charge is 0.345 e. The van der Waals surface area contributed by atoms with E-state index in [9.17, 15) is 4.79 Å². The summed E-state index contributed by atoms with van der Waals surface area (Å²) < 4.78 is 5.34. The van der Waals surface area contributed by atoms with Crippen LogP contribution in [0.2, 0.25) is 0 Å². The van der Waals surface area contributed by atoms with Gasteiger partial charge in [0.1, 0.15) is 0 Å². The van der Waals surface area contributed by atoms with Crippen molar-refractivity contribution in [3.63, 3.8) is 0 Å². The number of nitrogens with zero attached hydrogens (tertiary/aromatic N) is 1. The Morgan fingerprint density at radius 3 is 2.50 bits per heavy atom. The maximum atomic E-state index is 12.1. The van der Waals surface area contributed by atoms with Crippen LogP contribution in [-0.2, 0) is 0 Å². The van der Waals surface area contributed by atoms with E-state index in [0.29, 0.717) is 11.4 Å². The van der Waals surface area contributed by atoms with E-state index in [-0.39, 0.29) is 5.97 Å². The zero-order valence-corrected chi connectivity index (χ0v) is 11.0. The number of hydrogen-bond acceptors (Lipinski definition) is 3. The third-order valence-corrected chi connectivity index (χ3v) is 3.17. The van der Waals surface area contributed by atoms with Crippen LogP contribution in [0.1, 0.15) is 15.9 Å². The molecular formula is C17H13NO2. The Labute approximate surface area is 116 Å². The van der Waals surface area contributed by atoms with Crippen molar-refractivity contribution in [1.82, 2.24) is 4.98 Å². The molecule has 0 aliphatic carbocycles. The first-order valence-electron chi connectivity index (χ1n) is 6.36. The van der Waals surface area contributed by atoms with Gasteiger partial charge in [-0.2, -0.15) is 0 Å². The van der Waals surface area contributed by atoms with Gasteiger partial charge in [-0.05, 0) is 23.9 Å². The quantitative estimate of drug-likeness (QED) is 0.661. The molecule has 0 amide bonds. The molecule has 0 saturated heterocycles. The fourth-order valence-electron chi connectivity index (χ4n) is 2.07. The van der Waals surface area contributed by atoms with E-state index in [2.05, 4.69) is 4.98 Å². The van der Waals surface area contributed by atoms with Crippen molar-refractivity contribution < 1.29 is 9.53 Å². The standard InChI is InChI=1S/C17H13NO2/c1-12-6-2-5-9-15(12)17(19)20-16-10-13-7-3-4-8-14(13)11-18-16/h2-11H,1H3. The summed E-state index contributed by atoms with van der Waals surface area (Å²) >= 11 is 0. The molecule has 98 valence electrons. The third kappa shape index (κ3) is 2.38. The van der Waals surface area contributed by atoms with Gasteiger partial charge in [0, 0.05) is 17.6 Å². The zero-order chi connectivity index (χ0) is 13.9. The van der Waals surface area contributed by atoms with Crippen molar-refractivity contribution in [2.75, 3.05) is 0 Å². The SMILES string of the molecule is Cc1ccccc1C(=O)Oc1cc2ccccc2cn1. The molecule has 3 heteroatoms. The van der Waals surface area contributed by atoms with Gasteiger partial charge in [0.15, 0.2) is 0 Å². The van der Waals surface area contributed by atoms with Gasteiger partial charge >= 0.3 is 5.97 Å². The summed E-state index contributed by atoms with van der Waals surface area (Å²) in [5.74, 6) is -0.0668. The number of pyridine rings is 1. The Morgan fingerprint density at radius 2 is 1.70 bits per heavy atom. The molecule has 0 fully saturated rings. The molecule has 0 spiro atoms. The van der Waals surface area contributed by atoms with E-state index >= 15 is 0 Å². The Kier molecular flexibility index (Phi) is 3.17. The van der Waals surface area contributed by atoms with Crippen LogP contribution in [0, 0.1) is 6.92 Å². The highest BCUT2D eigenvalue weighted by Gasteiger charge is 2.11. The molecule has 3 aromatic rings. The number of benzene rings is 2. The molecule has 0 aliphatic heterocycles. The normalized spacial score (nSPS) is 10.4. The lowest BCUT2D eigenvalue weighted by atomic mass is 10.1. The number of aromatic nitrogens is 1. The van der Waals surface area contributed by atoms with Crippen molar-refractivity contribution >= 4 is 16.7 Å². The van der Waals surface area contributed by atoms with Crippen LogP contribution in [0.4, 0.5) is 0 Å². The van der Waals surface area contributed by atoms with Gasteiger partial charge in [-0.3, -0.25) is 0 Å². The highest BCUT2D eigenvalue weighted by Crippen LogP contribution is 2.19. The molecule has 3 nitrogen and oxygen atoms in total. The van der Waals surface area contributed by atoms with Crippen LogP contribution in [-0.4, -0.2) is 11.0 Å². The van der Waals surface area contributed by atoms with Crippen LogP contribution < -0.4 is 4.74 Å². The topological polar surface area (TPSA) is 39.2 Å². The molecule has 2 aromatic carbocycles. The predicted molar refractivity (Wildman–Crippen MR) is 77.9 cm³/mol. The van der Waals surface area contributed by atoms with E-state index < -0.39 is 0 Å². The minimum absolute atomic E-state index is 0.317. The number of carbonyl (C=O) groups is 1. The monoisotopic (exact) mass is 263 g/mol. The molecule has 0 bridgehead atoms. The molecule has 0 unspecified atom stereocenters. The molecule has 20 heavy (non-hydrogen) atoms. The van der Waals surface area contributed by atoms with Gasteiger partial charge in [0.05, 0.1) is 5.56 Å². The zero-order valence-electron chi connectivity index (χ0n) is 11.0. The third-order valence-electron chi connectivity index (χ3n) is 3.17. The summed E-state index contributed by atoms with van der Waals surface area (Å²) in [4.78, 5) is 16.3. The minimum Gasteiger partial charge on any atom is -0.404 e. The molecular weight excluding hydrogens is 250 g/mol. The first kappa shape index (κ1) is 12.4. The van der Waals surface area contributed by atoms with Crippen LogP contribution >= 0.6 is 0 Å². The van der Waals surface area contributed by atoms with Crippen molar-refractivity contribution in [1.29, 1.82) is 0 Å². The number of hydrogen-bond donors (Lipinski definition) is 0. The number of carbonyl (C=O) groups excluding carboxylic acids is 1. The first-order chi connectivity index (χ1) is 9.74. The van der Waals surface area contributed by atoms with E-state index in [1.165, 1.54) is 0 Å². The average molecular weight is 263 g/mol. The number of ether oxygens (including phenoxy) is 1. The Hall–Kier alpha value is -2.68. The highest BCUT2D eigenvalue weighted by molar-refractivity contribution is 5.93. The second kappa shape index (κ2) is 5.13. The fourth-order valence-corrected chi connectivity index (χ4v) is 2.07. The number of esters is 1. The summed E-state index contributed by atoms with van der Waals surface area (Å²) in [7, 11) is 0. The predicted octanol–water partition coefficient (Wildman–Crippen LogP) is 3.76. The van der Waals surface area contributed by atoms with Gasteiger partial charge in [-0.1, -0.05) is 42.5 Å². The molecule has 0 saturated carbocycles. The Morgan fingerprint density at radius 1 is 1.00 bits per heavy atom. The van der Waals surface area contributed by atoms with Crippen LogP contribution in [0.5, 0.6) is 5.88 Å². The lowest BCUT2D eigenvalue weighted by molar-refractivity contribution is 0.0727. The highest BCUT2D eigenvalue weighted by atomic mass is 16.5. The first-order valence-corrected chi connectivity index (χ1v) is 6.36. The van der Waals surface area contributed by atoms with E-state index in [1.54, 1.807) is 18.3 Å². The van der Waals surface area contributed by atoms with E-state index in [4.69, 9.17) is 4.74 Å². The van der Waals surface area contributed by atoms with Crippen LogP contribution in [0.15, 0.2) is 60.8 Å². The number of rotatable bonds is 2. The van der Waals surface area contributed by atoms with Crippen molar-refractivity contribution in [3.05, 3.63) is 71.9 Å². The average Bonchev–Trinajstić information content (AvgIpc) is 2.47. The molecule has 0 radical (unpaired) electrons. The van der Waals surface area contributed by atoms with Gasteiger partial charge in [0.25, 0.3) is 0 Å². The number of aryl methyl sites for hydroxylation is 1. The Bertz CT molecular complexity index is 781. The molecule has 0 aliphatic rings. The largest absolute Gasteiger partial charge is 0.404 e. The van der Waals surface area contributed by atoms with E-state index in [1.807, 2.05) is 49.4 Å². The van der Waals surface area contributed by atoms with Crippen LogP contribution in [0.3, 0.4) is 0 Å². The van der Waals surface area contributed by atoms with Crippen LogP contribution in [0.25, 0.3) is 10.8 Å². The fraction of sp³-hybridized carbons (Fsp3) is 0.0588. The lowest BCUT2D eigenvalue weighted by Gasteiger charge is -2.06. The molecule has 1 heterocycles. The van der Waals surface area contributed by atoms with E-state index in [0.717, 1.165) is 16.3 Å². The van der Waals surface area contributed by atoms with Gasteiger partial charge in [-0.25, -0.2) is 9.78 Å². The molecule has 0 N–H and O–H groups in total. The second-order valence-electron chi connectivity index (χ2n) is 4.57. The molecule has 3 rings (SSSR count). The summed E-state index contributed by atoms with van der Waals surface area (Å²) in [5.41, 5.74) is 1.45. The summed E-state index contributed by atoms with van der Waals surface area (Å²) in [5, 5.41) is 2.01. The van der Waals surface area contributed by atoms with Crippen molar-refractivity contribution in [2.24, 2.45) is 0 Å². The molecule has 1 aromatic heterocycles. The molecule has 0 atom stereocenters. The second-order valence-corrected chi connectivity index (χ2v) is 4.57. The van der Waals surface area contributed by atoms with Crippen molar-refractivity contribution in [3.8, 4) is 5.88 Å².